The summed E-state index contributed by atoms with van der Waals surface area (Å²) in [7, 11) is -4.06. The van der Waals surface area contributed by atoms with Gasteiger partial charge in [0, 0.05) is 0 Å². The molecule has 1 aromatic heterocycles. The van der Waals surface area contributed by atoms with E-state index < -0.39 is 50.1 Å². The predicted molar refractivity (Wildman–Crippen MR) is 122 cm³/mol. The Hall–Kier alpha value is -2.14. The van der Waals surface area contributed by atoms with Gasteiger partial charge < -0.3 is 0 Å². The number of hydrogen-bond acceptors (Lipinski definition) is 8. The van der Waals surface area contributed by atoms with Crippen molar-refractivity contribution >= 4 is 8.09 Å². The number of nitrogens with zero attached hydrogens (tertiary/aromatic N) is 1. The van der Waals surface area contributed by atoms with E-state index in [2.05, 4.69) is 5.09 Å². The Morgan fingerprint density at radius 2 is 1.94 bits per heavy atom. The molecule has 1 aliphatic rings. The summed E-state index contributed by atoms with van der Waals surface area (Å²) in [5.41, 5.74) is -3.90. The number of nitrogens with one attached hydrogen (secondary N) is 2. The molecule has 2 aromatic rings. The molecule has 5 atom stereocenters. The molecule has 0 saturated carbocycles. The molecule has 0 spiro atoms. The molecule has 0 amide bonds. The van der Waals surface area contributed by atoms with Crippen LogP contribution in [0.15, 0.2) is 52.2 Å². The number of halogens is 1. The fraction of sp³-hybridized carbons (Fsp3) is 0.524. The molecule has 0 bridgehead atoms. The fourth-order valence-electron chi connectivity index (χ4n) is 3.36. The van der Waals surface area contributed by atoms with E-state index in [0.717, 1.165) is 23.8 Å². The van der Waals surface area contributed by atoms with E-state index in [1.807, 2.05) is 25.8 Å². The second-order valence-electron chi connectivity index (χ2n) is 8.63. The SMILES string of the molecule is CC(C)[C@H](C)N[PH](O)(OC[C@H]1O[C@@H](n2ccc(=O)[nH]c2=O)[C@](C)(F)[C@@H]1O)Oc1ccccc1. The van der Waals surface area contributed by atoms with E-state index in [1.165, 1.54) is 0 Å². The summed E-state index contributed by atoms with van der Waals surface area (Å²) >= 11 is 0. The molecule has 184 valence electrons. The van der Waals surface area contributed by atoms with Gasteiger partial charge in [-0.3, -0.25) is 0 Å². The van der Waals surface area contributed by atoms with Gasteiger partial charge in [-0.2, -0.15) is 0 Å². The topological polar surface area (TPSA) is 135 Å². The minimum absolute atomic E-state index is 0.144. The van der Waals surface area contributed by atoms with E-state index in [9.17, 15) is 19.6 Å². The van der Waals surface area contributed by atoms with Crippen molar-refractivity contribution in [2.75, 3.05) is 6.61 Å². The van der Waals surface area contributed by atoms with Crippen LogP contribution in [0.2, 0.25) is 0 Å². The number of aliphatic hydroxyl groups excluding tert-OH is 1. The van der Waals surface area contributed by atoms with Crippen LogP contribution in [0.25, 0.3) is 0 Å². The first kappa shape index (κ1) is 25.5. The first-order valence-electron chi connectivity index (χ1n) is 10.6. The van der Waals surface area contributed by atoms with Gasteiger partial charge in [-0.25, -0.2) is 0 Å². The molecule has 1 fully saturated rings. The fourth-order valence-corrected chi connectivity index (χ4v) is 5.32. The zero-order chi connectivity index (χ0) is 24.4. The minimum atomic E-state index is -4.06. The molecule has 3 rings (SSSR count). The van der Waals surface area contributed by atoms with Crippen molar-refractivity contribution in [3.63, 3.8) is 0 Å². The van der Waals surface area contributed by atoms with Gasteiger partial charge in [-0.1, -0.05) is 0 Å². The van der Waals surface area contributed by atoms with Gasteiger partial charge in [0.25, 0.3) is 0 Å². The second-order valence-corrected chi connectivity index (χ2v) is 10.6. The van der Waals surface area contributed by atoms with Crippen LogP contribution in [0.5, 0.6) is 5.75 Å². The van der Waals surface area contributed by atoms with Gasteiger partial charge in [0.1, 0.15) is 0 Å². The first-order chi connectivity index (χ1) is 15.4. The summed E-state index contributed by atoms with van der Waals surface area (Å²) in [5, 5.41) is 13.5. The normalized spacial score (nSPS) is 27.0. The summed E-state index contributed by atoms with van der Waals surface area (Å²) in [6, 6.07) is 9.44. The maximum absolute atomic E-state index is 15.4. The van der Waals surface area contributed by atoms with Gasteiger partial charge in [-0.15, -0.1) is 0 Å². The van der Waals surface area contributed by atoms with Gasteiger partial charge in [0.2, 0.25) is 0 Å². The maximum atomic E-state index is 15.4. The standard InChI is InChI=1S/C21H31FN3O7P/c1-13(2)14(3)24-33(29,32-15-8-6-5-7-9-15)30-12-16-18(27)21(4,22)19(31-16)25-11-10-17(26)23-20(25)28/h5-11,13-14,16,18-19,24,27,29,33H,12H2,1-4H3,(H,23,26,28)/t14-,16+,18+,19+,21+/m0/s1. The third-order valence-electron chi connectivity index (χ3n) is 5.67. The van der Waals surface area contributed by atoms with Crippen molar-refractivity contribution in [2.45, 2.75) is 57.8 Å². The third kappa shape index (κ3) is 5.87. The number of alkyl halides is 1. The summed E-state index contributed by atoms with van der Waals surface area (Å²) in [4.78, 5) is 36.7. The van der Waals surface area contributed by atoms with E-state index in [-0.39, 0.29) is 12.0 Å². The molecule has 0 radical (unpaired) electrons. The van der Waals surface area contributed by atoms with Gasteiger partial charge >= 0.3 is 190 Å². The number of aromatic nitrogens is 2. The number of H-pyrrole nitrogens is 1. The van der Waals surface area contributed by atoms with Crippen LogP contribution < -0.4 is 20.9 Å². The van der Waals surface area contributed by atoms with Gasteiger partial charge in [-0.05, 0) is 0 Å². The Balaban J connectivity index is 1.79. The van der Waals surface area contributed by atoms with Gasteiger partial charge in [0.15, 0.2) is 0 Å². The summed E-state index contributed by atoms with van der Waals surface area (Å²) < 4.78 is 33.3. The molecule has 1 aliphatic heterocycles. The van der Waals surface area contributed by atoms with Crippen molar-refractivity contribution in [1.29, 1.82) is 0 Å². The van der Waals surface area contributed by atoms with Crippen molar-refractivity contribution in [3.8, 4) is 5.75 Å². The molecule has 1 saturated heterocycles. The van der Waals surface area contributed by atoms with Crippen LogP contribution in [-0.4, -0.2) is 50.1 Å². The molecule has 33 heavy (non-hydrogen) atoms. The Bertz CT molecular complexity index is 1050. The number of para-hydroxylation sites is 1. The summed E-state index contributed by atoms with van der Waals surface area (Å²) in [6.07, 6.45) is -3.33. The Morgan fingerprint density at radius 1 is 1.27 bits per heavy atom. The van der Waals surface area contributed by atoms with Crippen LogP contribution in [0, 0.1) is 5.92 Å². The number of hydrogen-bond donors (Lipinski definition) is 4. The monoisotopic (exact) mass is 487 g/mol. The Morgan fingerprint density at radius 3 is 2.55 bits per heavy atom. The van der Waals surface area contributed by atoms with Crippen LogP contribution in [0.3, 0.4) is 0 Å². The van der Waals surface area contributed by atoms with E-state index in [1.54, 1.807) is 30.3 Å². The molecule has 10 nitrogen and oxygen atoms in total. The van der Waals surface area contributed by atoms with Gasteiger partial charge in [0.05, 0.1) is 0 Å². The van der Waals surface area contributed by atoms with Crippen molar-refractivity contribution in [1.82, 2.24) is 14.6 Å². The molecule has 2 heterocycles. The van der Waals surface area contributed by atoms with E-state index in [4.69, 9.17) is 13.8 Å². The molecule has 12 heteroatoms. The average molecular weight is 487 g/mol. The third-order valence-corrected chi connectivity index (χ3v) is 7.56. The average Bonchev–Trinajstić information content (AvgIpc) is 2.96. The number of benzene rings is 1. The molecular weight excluding hydrogens is 456 g/mol. The van der Waals surface area contributed by atoms with E-state index in [0.29, 0.717) is 5.75 Å². The molecular formula is C21H31FN3O7P. The number of aromatic amines is 1. The van der Waals surface area contributed by atoms with Crippen molar-refractivity contribution < 1.29 is 28.2 Å². The van der Waals surface area contributed by atoms with Crippen molar-refractivity contribution in [3.05, 3.63) is 63.4 Å². The number of rotatable bonds is 9. The zero-order valence-electron chi connectivity index (χ0n) is 18.9. The Labute approximate surface area is 191 Å². The predicted octanol–water partition coefficient (Wildman–Crippen LogP) is 1.65. The molecule has 0 unspecified atom stereocenters. The van der Waals surface area contributed by atoms with Crippen molar-refractivity contribution in [2.24, 2.45) is 5.92 Å². The summed E-state index contributed by atoms with van der Waals surface area (Å²) in [5.74, 6) is 0.516. The molecule has 0 aliphatic carbocycles. The van der Waals surface area contributed by atoms with Crippen LogP contribution in [-0.2, 0) is 9.26 Å². The first-order valence-corrected chi connectivity index (χ1v) is 12.4. The molecule has 4 N–H and O–H groups in total. The van der Waals surface area contributed by atoms with Crippen LogP contribution >= 0.6 is 8.09 Å². The Kier molecular flexibility index (Phi) is 7.73. The van der Waals surface area contributed by atoms with E-state index >= 15 is 4.39 Å². The summed E-state index contributed by atoms with van der Waals surface area (Å²) in [6.45, 7) is 6.45. The number of aliphatic hydroxyl groups is 1. The van der Waals surface area contributed by atoms with Crippen LogP contribution in [0.4, 0.5) is 4.39 Å². The molecule has 1 aromatic carbocycles. The second kappa shape index (κ2) is 10.0. The number of ether oxygens (including phenoxy) is 1. The zero-order valence-corrected chi connectivity index (χ0v) is 19.9. The quantitative estimate of drug-likeness (QED) is 0.392. The van der Waals surface area contributed by atoms with Crippen LogP contribution in [0.1, 0.15) is 33.9 Å².